The van der Waals surface area contributed by atoms with Crippen molar-refractivity contribution in [1.82, 2.24) is 0 Å². The summed E-state index contributed by atoms with van der Waals surface area (Å²) in [6.45, 7) is 19.6. The van der Waals surface area contributed by atoms with Crippen LogP contribution in [0.4, 0.5) is 0 Å². The van der Waals surface area contributed by atoms with Crippen molar-refractivity contribution < 1.29 is 29.0 Å². The Morgan fingerprint density at radius 1 is 0.926 bits per heavy atom. The molecule has 0 aromatic rings. The summed E-state index contributed by atoms with van der Waals surface area (Å²) in [5.41, 5.74) is 0.331. The van der Waals surface area contributed by atoms with Gasteiger partial charge in [0.2, 0.25) is 0 Å². The van der Waals surface area contributed by atoms with Crippen LogP contribution in [0.15, 0.2) is 49.6 Å². The van der Waals surface area contributed by atoms with Crippen LogP contribution >= 0.6 is 0 Å². The number of ether oxygens (including phenoxy) is 2. The number of rotatable bonds is 11. The number of carboxylic acids is 1. The molecule has 154 valence electrons. The Balaban J connectivity index is -0.000000472. The molecule has 0 rings (SSSR count). The van der Waals surface area contributed by atoms with Crippen LogP contribution in [-0.2, 0) is 23.9 Å². The molecule has 0 atom stereocenters. The van der Waals surface area contributed by atoms with E-state index in [1.54, 1.807) is 12.2 Å². The minimum atomic E-state index is -0.935. The van der Waals surface area contributed by atoms with Crippen LogP contribution in [-0.4, -0.2) is 36.2 Å². The summed E-state index contributed by atoms with van der Waals surface area (Å²) < 4.78 is 9.85. The Bertz CT molecular complexity index is 473. The maximum Gasteiger partial charge on any atom is 0.333 e. The van der Waals surface area contributed by atoms with Crippen molar-refractivity contribution in [3.63, 3.8) is 0 Å². The van der Waals surface area contributed by atoms with E-state index in [2.05, 4.69) is 26.3 Å². The lowest BCUT2D eigenvalue weighted by atomic mass is 10.2. The van der Waals surface area contributed by atoms with E-state index in [1.165, 1.54) is 6.92 Å². The largest absolute Gasteiger partial charge is 0.478 e. The number of esters is 2. The molecule has 1 N–H and O–H groups in total. The minimum absolute atomic E-state index is 0.0886. The van der Waals surface area contributed by atoms with Crippen LogP contribution < -0.4 is 0 Å². The van der Waals surface area contributed by atoms with Gasteiger partial charge in [0.25, 0.3) is 0 Å². The first-order valence-electron chi connectivity index (χ1n) is 8.80. The molecule has 0 bridgehead atoms. The summed E-state index contributed by atoms with van der Waals surface area (Å²) in [5, 5.41) is 7.89. The molecule has 6 heteroatoms. The van der Waals surface area contributed by atoms with Crippen LogP contribution in [0.5, 0.6) is 0 Å². The molecule has 0 aromatic carbocycles. The third kappa shape index (κ3) is 25.7. The number of carboxylic acid groups (broad SMARTS) is 1. The van der Waals surface area contributed by atoms with E-state index in [1.807, 2.05) is 13.8 Å². The van der Waals surface area contributed by atoms with E-state index >= 15 is 0 Å². The van der Waals surface area contributed by atoms with E-state index in [0.717, 1.165) is 25.7 Å². The molecule has 27 heavy (non-hydrogen) atoms. The summed E-state index contributed by atoms with van der Waals surface area (Å²) in [4.78, 5) is 32.2. The van der Waals surface area contributed by atoms with E-state index in [9.17, 15) is 14.4 Å². The van der Waals surface area contributed by atoms with Gasteiger partial charge in [-0.1, -0.05) is 65.2 Å². The van der Waals surface area contributed by atoms with E-state index < -0.39 is 17.9 Å². The van der Waals surface area contributed by atoms with Crippen molar-refractivity contribution in [2.45, 2.75) is 52.9 Å². The zero-order valence-electron chi connectivity index (χ0n) is 16.9. The van der Waals surface area contributed by atoms with Gasteiger partial charge in [0, 0.05) is 11.1 Å². The van der Waals surface area contributed by atoms with E-state index in [4.69, 9.17) is 14.6 Å². The van der Waals surface area contributed by atoms with Gasteiger partial charge in [0.1, 0.15) is 0 Å². The van der Waals surface area contributed by atoms with Crippen LogP contribution in [0.1, 0.15) is 52.9 Å². The second-order valence-corrected chi connectivity index (χ2v) is 5.40. The molecule has 0 saturated heterocycles. The van der Waals surface area contributed by atoms with Gasteiger partial charge in [-0.3, -0.25) is 4.79 Å². The monoisotopic (exact) mass is 382 g/mol. The van der Waals surface area contributed by atoms with Crippen molar-refractivity contribution in [1.29, 1.82) is 0 Å². The summed E-state index contributed by atoms with van der Waals surface area (Å²) in [6.07, 6.45) is 6.76. The first-order valence-corrected chi connectivity index (χ1v) is 8.80. The number of unbranched alkanes of at least 4 members (excludes halogenated alkanes) is 2. The molecule has 0 fully saturated rings. The first kappa shape index (κ1) is 29.1. The molecular formula is C21H34O6. The lowest BCUT2D eigenvalue weighted by Crippen LogP contribution is -2.13. The predicted molar refractivity (Wildman–Crippen MR) is 108 cm³/mol. The molecule has 0 aliphatic heterocycles. The molecule has 0 spiro atoms. The van der Waals surface area contributed by atoms with Gasteiger partial charge in [-0.25, -0.2) is 9.59 Å². The van der Waals surface area contributed by atoms with Gasteiger partial charge in [-0.15, -0.1) is 0 Å². The number of aliphatic carboxylic acids is 1. The van der Waals surface area contributed by atoms with Crippen molar-refractivity contribution in [3.05, 3.63) is 49.6 Å². The maximum atomic E-state index is 11.4. The Morgan fingerprint density at radius 2 is 1.33 bits per heavy atom. The second-order valence-electron chi connectivity index (χ2n) is 5.40. The van der Waals surface area contributed by atoms with E-state index in [0.29, 0.717) is 13.2 Å². The van der Waals surface area contributed by atoms with Crippen LogP contribution in [0.3, 0.4) is 0 Å². The third-order valence-electron chi connectivity index (χ3n) is 2.67. The smallest absolute Gasteiger partial charge is 0.333 e. The zero-order valence-corrected chi connectivity index (χ0v) is 16.9. The standard InChI is InChI=1S/C13H22O4.C4H6O2.C4H6/c1-4-6-8-16-12(14)10-11(3)13(15)17-9-7-5-2;1-3(2)4(5)6;1-3-4-2/h3-10H2,1-2H3;1H2,2H3,(H,5,6);3-4H,1-2H2. The topological polar surface area (TPSA) is 89.9 Å². The van der Waals surface area contributed by atoms with Gasteiger partial charge in [-0.2, -0.15) is 0 Å². The summed E-state index contributed by atoms with van der Waals surface area (Å²) >= 11 is 0. The third-order valence-corrected chi connectivity index (χ3v) is 2.67. The molecule has 0 radical (unpaired) electrons. The minimum Gasteiger partial charge on any atom is -0.478 e. The fourth-order valence-corrected chi connectivity index (χ4v) is 1.04. The molecule has 0 amide bonds. The summed E-state index contributed by atoms with van der Waals surface area (Å²) in [7, 11) is 0. The fraction of sp³-hybridized carbons (Fsp3) is 0.476. The Kier molecular flexibility index (Phi) is 23.1. The number of carbonyl (C=O) groups excluding carboxylic acids is 2. The Morgan fingerprint density at radius 3 is 1.67 bits per heavy atom. The molecule has 0 aliphatic carbocycles. The molecular weight excluding hydrogens is 348 g/mol. The van der Waals surface area contributed by atoms with Gasteiger partial charge in [0.05, 0.1) is 19.6 Å². The van der Waals surface area contributed by atoms with Crippen molar-refractivity contribution >= 4 is 17.9 Å². The number of carbonyl (C=O) groups is 3. The lowest BCUT2D eigenvalue weighted by molar-refractivity contribution is -0.146. The predicted octanol–water partition coefficient (Wildman–Crippen LogP) is 4.62. The van der Waals surface area contributed by atoms with Crippen LogP contribution in [0, 0.1) is 0 Å². The molecule has 0 aromatic heterocycles. The maximum absolute atomic E-state index is 11.4. The molecule has 0 unspecified atom stereocenters. The average Bonchev–Trinajstić information content (AvgIpc) is 2.62. The molecule has 0 heterocycles. The normalized spacial score (nSPS) is 8.56. The highest BCUT2D eigenvalue weighted by molar-refractivity contribution is 5.93. The number of allylic oxidation sites excluding steroid dienone is 2. The van der Waals surface area contributed by atoms with Crippen molar-refractivity contribution in [2.75, 3.05) is 13.2 Å². The first-order chi connectivity index (χ1) is 12.7. The van der Waals surface area contributed by atoms with E-state index in [-0.39, 0.29) is 17.6 Å². The number of hydrogen-bond donors (Lipinski definition) is 1. The Labute approximate surface area is 163 Å². The zero-order chi connectivity index (χ0) is 21.7. The average molecular weight is 382 g/mol. The highest BCUT2D eigenvalue weighted by Gasteiger charge is 2.13. The van der Waals surface area contributed by atoms with Gasteiger partial charge >= 0.3 is 17.9 Å². The SMILES string of the molecule is C=C(C)C(=O)O.C=C(CC(=O)OCCCC)C(=O)OCCCC.C=CC=C. The van der Waals surface area contributed by atoms with Crippen molar-refractivity contribution in [2.24, 2.45) is 0 Å². The summed E-state index contributed by atoms with van der Waals surface area (Å²) in [5.74, 6) is -1.86. The fourth-order valence-electron chi connectivity index (χ4n) is 1.04. The van der Waals surface area contributed by atoms with Crippen molar-refractivity contribution in [3.8, 4) is 0 Å². The highest BCUT2D eigenvalue weighted by atomic mass is 16.5. The molecule has 0 saturated carbocycles. The van der Waals surface area contributed by atoms with Crippen LogP contribution in [0.2, 0.25) is 0 Å². The number of hydrogen-bond acceptors (Lipinski definition) is 5. The summed E-state index contributed by atoms with van der Waals surface area (Å²) in [6, 6.07) is 0. The Hall–Kier alpha value is -2.63. The molecule has 6 nitrogen and oxygen atoms in total. The lowest BCUT2D eigenvalue weighted by Gasteiger charge is -2.07. The van der Waals surface area contributed by atoms with Gasteiger partial charge in [-0.05, 0) is 19.8 Å². The van der Waals surface area contributed by atoms with Gasteiger partial charge < -0.3 is 14.6 Å². The highest BCUT2D eigenvalue weighted by Crippen LogP contribution is 2.04. The van der Waals surface area contributed by atoms with Crippen LogP contribution in [0.25, 0.3) is 0 Å². The quantitative estimate of drug-likeness (QED) is 0.243. The second kappa shape index (κ2) is 21.4. The van der Waals surface area contributed by atoms with Gasteiger partial charge in [0.15, 0.2) is 0 Å². The molecule has 0 aliphatic rings.